The van der Waals surface area contributed by atoms with Gasteiger partial charge in [-0.1, -0.05) is 12.1 Å². The number of anilines is 2. The van der Waals surface area contributed by atoms with Gasteiger partial charge in [-0.2, -0.15) is 0 Å². The number of para-hydroxylation sites is 2. The van der Waals surface area contributed by atoms with Crippen molar-refractivity contribution in [3.8, 4) is 0 Å². The van der Waals surface area contributed by atoms with Gasteiger partial charge in [0.1, 0.15) is 0 Å². The van der Waals surface area contributed by atoms with Gasteiger partial charge in [0.15, 0.2) is 0 Å². The Bertz CT molecular complexity index is 316. The lowest BCUT2D eigenvalue weighted by Gasteiger charge is -2.18. The van der Waals surface area contributed by atoms with E-state index in [1.54, 1.807) is 7.11 Å². The molecule has 0 bridgehead atoms. The Morgan fingerprint density at radius 3 is 2.59 bits per heavy atom. The van der Waals surface area contributed by atoms with Crippen molar-refractivity contribution in [1.29, 1.82) is 0 Å². The van der Waals surface area contributed by atoms with E-state index in [-0.39, 0.29) is 0 Å². The number of hydrogen-bond donors (Lipinski definition) is 1. The average Bonchev–Trinajstić information content (AvgIpc) is 2.34. The van der Waals surface area contributed by atoms with Crippen molar-refractivity contribution in [3.63, 3.8) is 0 Å². The summed E-state index contributed by atoms with van der Waals surface area (Å²) in [6.45, 7) is 2.78. The van der Waals surface area contributed by atoms with Crippen LogP contribution in [0.1, 0.15) is 0 Å². The van der Waals surface area contributed by atoms with Crippen LogP contribution in [-0.2, 0) is 9.47 Å². The molecule has 0 fully saturated rings. The van der Waals surface area contributed by atoms with E-state index in [0.29, 0.717) is 19.8 Å². The summed E-state index contributed by atoms with van der Waals surface area (Å²) in [5.74, 6) is 0. The number of nitrogens with one attached hydrogen (secondary N) is 1. The number of ether oxygens (including phenoxy) is 2. The van der Waals surface area contributed by atoms with Crippen LogP contribution in [-0.4, -0.2) is 47.6 Å². The monoisotopic (exact) mass is 238 g/mol. The molecule has 0 aliphatic heterocycles. The molecule has 0 saturated heterocycles. The fourth-order valence-corrected chi connectivity index (χ4v) is 1.52. The molecule has 1 rings (SSSR count). The van der Waals surface area contributed by atoms with E-state index in [0.717, 1.165) is 12.2 Å². The predicted octanol–water partition coefficient (Wildman–Crippen LogP) is 1.83. The molecule has 4 nitrogen and oxygen atoms in total. The highest BCUT2D eigenvalue weighted by Gasteiger charge is 2.01. The molecule has 1 aromatic rings. The van der Waals surface area contributed by atoms with Crippen LogP contribution in [0.4, 0.5) is 11.4 Å². The zero-order valence-corrected chi connectivity index (χ0v) is 10.9. The summed E-state index contributed by atoms with van der Waals surface area (Å²) in [5, 5.41) is 3.36. The second kappa shape index (κ2) is 7.92. The van der Waals surface area contributed by atoms with Crippen LogP contribution in [0.3, 0.4) is 0 Å². The first kappa shape index (κ1) is 13.8. The largest absolute Gasteiger partial charge is 0.382 e. The standard InChI is InChI=1S/C13H22N2O2/c1-15(2)13-7-5-4-6-12(13)14-8-9-17-11-10-16-3/h4-7,14H,8-11H2,1-3H3. The zero-order chi connectivity index (χ0) is 12.5. The molecule has 1 aromatic carbocycles. The van der Waals surface area contributed by atoms with E-state index < -0.39 is 0 Å². The minimum Gasteiger partial charge on any atom is -0.382 e. The van der Waals surface area contributed by atoms with Gasteiger partial charge in [0, 0.05) is 27.7 Å². The van der Waals surface area contributed by atoms with Crippen molar-refractivity contribution < 1.29 is 9.47 Å². The van der Waals surface area contributed by atoms with E-state index in [2.05, 4.69) is 22.3 Å². The third kappa shape index (κ3) is 5.06. The van der Waals surface area contributed by atoms with Crippen LogP contribution in [0.25, 0.3) is 0 Å². The SMILES string of the molecule is COCCOCCNc1ccccc1N(C)C. The molecule has 0 aliphatic rings. The summed E-state index contributed by atoms with van der Waals surface area (Å²) < 4.78 is 10.3. The summed E-state index contributed by atoms with van der Waals surface area (Å²) in [6, 6.07) is 8.23. The Labute approximate surface area is 104 Å². The van der Waals surface area contributed by atoms with Gasteiger partial charge in [0.05, 0.1) is 31.2 Å². The Morgan fingerprint density at radius 1 is 1.12 bits per heavy atom. The third-order valence-electron chi connectivity index (χ3n) is 2.38. The fourth-order valence-electron chi connectivity index (χ4n) is 1.52. The predicted molar refractivity (Wildman–Crippen MR) is 72.0 cm³/mol. The van der Waals surface area contributed by atoms with E-state index in [4.69, 9.17) is 9.47 Å². The number of benzene rings is 1. The lowest BCUT2D eigenvalue weighted by Crippen LogP contribution is -2.15. The molecule has 4 heteroatoms. The number of methoxy groups -OCH3 is 1. The molecule has 0 amide bonds. The van der Waals surface area contributed by atoms with Gasteiger partial charge in [-0.3, -0.25) is 0 Å². The quantitative estimate of drug-likeness (QED) is 0.701. The summed E-state index contributed by atoms with van der Waals surface area (Å²) >= 11 is 0. The summed E-state index contributed by atoms with van der Waals surface area (Å²) in [7, 11) is 5.75. The van der Waals surface area contributed by atoms with Crippen LogP contribution < -0.4 is 10.2 Å². The topological polar surface area (TPSA) is 33.7 Å². The third-order valence-corrected chi connectivity index (χ3v) is 2.38. The average molecular weight is 238 g/mol. The molecule has 0 unspecified atom stereocenters. The van der Waals surface area contributed by atoms with Crippen molar-refractivity contribution in [2.45, 2.75) is 0 Å². The lowest BCUT2D eigenvalue weighted by molar-refractivity contribution is 0.0759. The van der Waals surface area contributed by atoms with Crippen LogP contribution >= 0.6 is 0 Å². The molecule has 0 spiro atoms. The van der Waals surface area contributed by atoms with Crippen LogP contribution in [0.5, 0.6) is 0 Å². The maximum absolute atomic E-state index is 5.40. The Kier molecular flexibility index (Phi) is 6.43. The van der Waals surface area contributed by atoms with E-state index in [9.17, 15) is 0 Å². The van der Waals surface area contributed by atoms with Gasteiger partial charge < -0.3 is 19.7 Å². The molecular formula is C13H22N2O2. The van der Waals surface area contributed by atoms with Gasteiger partial charge in [0.25, 0.3) is 0 Å². The number of nitrogens with zero attached hydrogens (tertiary/aromatic N) is 1. The summed E-state index contributed by atoms with van der Waals surface area (Å²) in [5.41, 5.74) is 2.32. The number of rotatable bonds is 8. The summed E-state index contributed by atoms with van der Waals surface area (Å²) in [4.78, 5) is 2.09. The molecular weight excluding hydrogens is 216 g/mol. The molecule has 17 heavy (non-hydrogen) atoms. The van der Waals surface area contributed by atoms with Gasteiger partial charge in [-0.25, -0.2) is 0 Å². The maximum atomic E-state index is 5.40. The van der Waals surface area contributed by atoms with Crippen molar-refractivity contribution in [2.75, 3.05) is 57.8 Å². The first-order chi connectivity index (χ1) is 8.25. The van der Waals surface area contributed by atoms with Crippen LogP contribution in [0.15, 0.2) is 24.3 Å². The van der Waals surface area contributed by atoms with Crippen molar-refractivity contribution >= 4 is 11.4 Å². The van der Waals surface area contributed by atoms with E-state index in [1.165, 1.54) is 5.69 Å². The molecule has 0 aromatic heterocycles. The first-order valence-corrected chi connectivity index (χ1v) is 5.82. The summed E-state index contributed by atoms with van der Waals surface area (Å²) in [6.07, 6.45) is 0. The first-order valence-electron chi connectivity index (χ1n) is 5.82. The van der Waals surface area contributed by atoms with Crippen molar-refractivity contribution in [2.24, 2.45) is 0 Å². The lowest BCUT2D eigenvalue weighted by atomic mass is 10.2. The Morgan fingerprint density at radius 2 is 1.88 bits per heavy atom. The molecule has 0 atom stereocenters. The normalized spacial score (nSPS) is 10.3. The van der Waals surface area contributed by atoms with Gasteiger partial charge in [-0.05, 0) is 12.1 Å². The van der Waals surface area contributed by atoms with E-state index in [1.807, 2.05) is 26.2 Å². The smallest absolute Gasteiger partial charge is 0.0701 e. The molecule has 0 radical (unpaired) electrons. The van der Waals surface area contributed by atoms with Gasteiger partial charge in [-0.15, -0.1) is 0 Å². The number of hydrogen-bond acceptors (Lipinski definition) is 4. The molecule has 1 N–H and O–H groups in total. The second-order valence-corrected chi connectivity index (χ2v) is 3.94. The minimum absolute atomic E-state index is 0.646. The Balaban J connectivity index is 2.31. The Hall–Kier alpha value is -1.26. The van der Waals surface area contributed by atoms with Gasteiger partial charge >= 0.3 is 0 Å². The van der Waals surface area contributed by atoms with E-state index >= 15 is 0 Å². The highest BCUT2D eigenvalue weighted by Crippen LogP contribution is 2.22. The highest BCUT2D eigenvalue weighted by molar-refractivity contribution is 5.69. The highest BCUT2D eigenvalue weighted by atomic mass is 16.5. The minimum atomic E-state index is 0.646. The second-order valence-electron chi connectivity index (χ2n) is 3.94. The molecule has 0 saturated carbocycles. The van der Waals surface area contributed by atoms with Crippen molar-refractivity contribution in [1.82, 2.24) is 0 Å². The maximum Gasteiger partial charge on any atom is 0.0701 e. The molecule has 96 valence electrons. The van der Waals surface area contributed by atoms with Crippen LogP contribution in [0, 0.1) is 0 Å². The van der Waals surface area contributed by atoms with Crippen LogP contribution in [0.2, 0.25) is 0 Å². The zero-order valence-electron chi connectivity index (χ0n) is 10.9. The van der Waals surface area contributed by atoms with Gasteiger partial charge in [0.2, 0.25) is 0 Å². The molecule has 0 aliphatic carbocycles. The molecule has 0 heterocycles. The van der Waals surface area contributed by atoms with Crippen molar-refractivity contribution in [3.05, 3.63) is 24.3 Å². The fraction of sp³-hybridized carbons (Fsp3) is 0.538.